The average molecular weight is 560 g/mol. The molecule has 2 heteroatoms. The highest BCUT2D eigenvalue weighted by Crippen LogP contribution is 2.50. The fraction of sp³-hybridized carbons (Fsp3) is 0. The molecule has 204 valence electrons. The fourth-order valence-corrected chi connectivity index (χ4v) is 7.45. The zero-order valence-corrected chi connectivity index (χ0v) is 23.8. The molecule has 1 aliphatic heterocycles. The third-order valence-corrected chi connectivity index (χ3v) is 9.36. The maximum absolute atomic E-state index is 6.44. The molecule has 10 rings (SSSR count). The van der Waals surface area contributed by atoms with Crippen LogP contribution < -0.4 is 4.74 Å². The molecule has 2 heterocycles. The van der Waals surface area contributed by atoms with Crippen LogP contribution in [0.15, 0.2) is 152 Å². The van der Waals surface area contributed by atoms with Crippen molar-refractivity contribution in [3.05, 3.63) is 152 Å². The third kappa shape index (κ3) is 3.20. The standard InChI is InChI=1S/C42H25NO/c1-2-11-28-25-29(21-19-26(28)9-1)43-37-17-8-16-33(40(37)36-22-20-27-10-3-4-12-30(27)42(36)43)31-23-24-39-41-34(31)14-7-15-35(41)32-13-5-6-18-38(32)44-39/h1-25H. The highest BCUT2D eigenvalue weighted by atomic mass is 16.5. The van der Waals surface area contributed by atoms with Gasteiger partial charge in [-0.1, -0.05) is 121 Å². The first-order valence-electron chi connectivity index (χ1n) is 15.1. The number of nitrogens with zero attached hydrogens (tertiary/aromatic N) is 1. The number of benzene rings is 8. The molecule has 1 aromatic heterocycles. The highest BCUT2D eigenvalue weighted by molar-refractivity contribution is 6.24. The number of ether oxygens (including phenoxy) is 1. The Balaban J connectivity index is 1.34. The van der Waals surface area contributed by atoms with Gasteiger partial charge < -0.3 is 9.30 Å². The quantitative estimate of drug-likeness (QED) is 0.205. The number of fused-ring (bicyclic) bond motifs is 8. The van der Waals surface area contributed by atoms with E-state index < -0.39 is 0 Å². The van der Waals surface area contributed by atoms with Crippen molar-refractivity contribution in [2.45, 2.75) is 0 Å². The Kier molecular flexibility index (Phi) is 4.75. The van der Waals surface area contributed by atoms with Crippen molar-refractivity contribution in [1.82, 2.24) is 4.57 Å². The third-order valence-electron chi connectivity index (χ3n) is 9.36. The van der Waals surface area contributed by atoms with Gasteiger partial charge in [-0.2, -0.15) is 0 Å². The predicted molar refractivity (Wildman–Crippen MR) is 184 cm³/mol. The SMILES string of the molecule is c1ccc2c(c1)Oc1ccc(-c3cccc4c3c3ccc5ccccc5c3n4-c3ccc4ccccc4c3)c3cccc-2c13. The molecule has 44 heavy (non-hydrogen) atoms. The lowest BCUT2D eigenvalue weighted by Gasteiger charge is -2.22. The molecule has 0 amide bonds. The summed E-state index contributed by atoms with van der Waals surface area (Å²) in [6.07, 6.45) is 0. The van der Waals surface area contributed by atoms with Crippen molar-refractivity contribution in [2.75, 3.05) is 0 Å². The van der Waals surface area contributed by atoms with Crippen LogP contribution in [0.3, 0.4) is 0 Å². The van der Waals surface area contributed by atoms with E-state index in [4.69, 9.17) is 4.74 Å². The summed E-state index contributed by atoms with van der Waals surface area (Å²) in [6, 6.07) is 54.8. The molecule has 9 aromatic rings. The predicted octanol–water partition coefficient (Wildman–Crippen LogP) is 11.7. The van der Waals surface area contributed by atoms with Crippen LogP contribution in [-0.2, 0) is 0 Å². The van der Waals surface area contributed by atoms with Crippen molar-refractivity contribution in [2.24, 2.45) is 0 Å². The van der Waals surface area contributed by atoms with Gasteiger partial charge in [0.15, 0.2) is 0 Å². The minimum atomic E-state index is 0.910. The second kappa shape index (κ2) is 8.82. The van der Waals surface area contributed by atoms with E-state index >= 15 is 0 Å². The fourth-order valence-electron chi connectivity index (χ4n) is 7.45. The van der Waals surface area contributed by atoms with Crippen LogP contribution in [0.4, 0.5) is 0 Å². The van der Waals surface area contributed by atoms with Gasteiger partial charge in [-0.25, -0.2) is 0 Å². The van der Waals surface area contributed by atoms with Crippen LogP contribution >= 0.6 is 0 Å². The van der Waals surface area contributed by atoms with E-state index in [2.05, 4.69) is 150 Å². The van der Waals surface area contributed by atoms with Crippen molar-refractivity contribution < 1.29 is 4.74 Å². The van der Waals surface area contributed by atoms with Crippen molar-refractivity contribution in [3.8, 4) is 39.4 Å². The molecule has 8 aromatic carbocycles. The zero-order valence-electron chi connectivity index (χ0n) is 23.8. The lowest BCUT2D eigenvalue weighted by Crippen LogP contribution is -1.97. The minimum Gasteiger partial charge on any atom is -0.456 e. The topological polar surface area (TPSA) is 14.2 Å². The molecule has 0 spiro atoms. The van der Waals surface area contributed by atoms with Crippen LogP contribution in [0, 0.1) is 0 Å². The molecular weight excluding hydrogens is 534 g/mol. The molecule has 0 atom stereocenters. The highest BCUT2D eigenvalue weighted by Gasteiger charge is 2.23. The van der Waals surface area contributed by atoms with Gasteiger partial charge in [-0.05, 0) is 68.6 Å². The van der Waals surface area contributed by atoms with Gasteiger partial charge in [-0.15, -0.1) is 0 Å². The Hall–Kier alpha value is -5.86. The Morgan fingerprint density at radius 3 is 2.02 bits per heavy atom. The first-order valence-corrected chi connectivity index (χ1v) is 15.1. The van der Waals surface area contributed by atoms with E-state index in [1.807, 2.05) is 6.07 Å². The molecule has 0 unspecified atom stereocenters. The Morgan fingerprint density at radius 2 is 1.09 bits per heavy atom. The van der Waals surface area contributed by atoms with Crippen LogP contribution in [0.25, 0.3) is 82.1 Å². The van der Waals surface area contributed by atoms with Gasteiger partial charge in [-0.3, -0.25) is 0 Å². The average Bonchev–Trinajstić information content (AvgIpc) is 3.44. The van der Waals surface area contributed by atoms with Gasteiger partial charge in [0.05, 0.1) is 11.0 Å². The summed E-state index contributed by atoms with van der Waals surface area (Å²) in [6.45, 7) is 0. The maximum atomic E-state index is 6.44. The first-order chi connectivity index (χ1) is 21.8. The molecular formula is C42H25NO. The van der Waals surface area contributed by atoms with Crippen molar-refractivity contribution in [3.63, 3.8) is 0 Å². The van der Waals surface area contributed by atoms with Crippen LogP contribution in [0.5, 0.6) is 11.5 Å². The van der Waals surface area contributed by atoms with E-state index in [0.717, 1.165) is 17.1 Å². The molecule has 2 nitrogen and oxygen atoms in total. The molecule has 0 saturated carbocycles. The van der Waals surface area contributed by atoms with Crippen LogP contribution in [0.1, 0.15) is 0 Å². The largest absolute Gasteiger partial charge is 0.456 e. The molecule has 1 aliphatic rings. The van der Waals surface area contributed by atoms with Gasteiger partial charge in [0.25, 0.3) is 0 Å². The molecule has 0 fully saturated rings. The summed E-state index contributed by atoms with van der Waals surface area (Å²) in [5.74, 6) is 1.82. The monoisotopic (exact) mass is 559 g/mol. The summed E-state index contributed by atoms with van der Waals surface area (Å²) in [5, 5.41) is 9.86. The summed E-state index contributed by atoms with van der Waals surface area (Å²) >= 11 is 0. The lowest BCUT2D eigenvalue weighted by molar-refractivity contribution is 0.487. The number of rotatable bonds is 2. The summed E-state index contributed by atoms with van der Waals surface area (Å²) < 4.78 is 8.90. The Labute approximate surface area is 254 Å². The second-order valence-corrected chi connectivity index (χ2v) is 11.7. The zero-order chi connectivity index (χ0) is 28.8. The van der Waals surface area contributed by atoms with E-state index in [1.54, 1.807) is 0 Å². The van der Waals surface area contributed by atoms with Gasteiger partial charge in [0.1, 0.15) is 11.5 Å². The van der Waals surface area contributed by atoms with Gasteiger partial charge in [0, 0.05) is 32.8 Å². The van der Waals surface area contributed by atoms with E-state index in [1.165, 1.54) is 76.5 Å². The molecule has 0 aliphatic carbocycles. The van der Waals surface area contributed by atoms with Crippen LogP contribution in [0.2, 0.25) is 0 Å². The number of hydrogen-bond acceptors (Lipinski definition) is 1. The Morgan fingerprint density at radius 1 is 0.386 bits per heavy atom. The summed E-state index contributed by atoms with van der Waals surface area (Å²) in [5.41, 5.74) is 8.40. The maximum Gasteiger partial charge on any atom is 0.135 e. The van der Waals surface area contributed by atoms with Gasteiger partial charge in [0.2, 0.25) is 0 Å². The van der Waals surface area contributed by atoms with Crippen LogP contribution in [-0.4, -0.2) is 4.57 Å². The molecule has 0 saturated heterocycles. The number of para-hydroxylation sites is 1. The van der Waals surface area contributed by atoms with Crippen molar-refractivity contribution in [1.29, 1.82) is 0 Å². The second-order valence-electron chi connectivity index (χ2n) is 11.7. The van der Waals surface area contributed by atoms with E-state index in [0.29, 0.717) is 0 Å². The molecule has 0 N–H and O–H groups in total. The number of hydrogen-bond donors (Lipinski definition) is 0. The summed E-state index contributed by atoms with van der Waals surface area (Å²) in [7, 11) is 0. The first kappa shape index (κ1) is 23.7. The van der Waals surface area contributed by atoms with E-state index in [-0.39, 0.29) is 0 Å². The van der Waals surface area contributed by atoms with Gasteiger partial charge >= 0.3 is 0 Å². The molecule has 0 radical (unpaired) electrons. The lowest BCUT2D eigenvalue weighted by atomic mass is 9.89. The van der Waals surface area contributed by atoms with E-state index in [9.17, 15) is 0 Å². The smallest absolute Gasteiger partial charge is 0.135 e. The number of aromatic nitrogens is 1. The minimum absolute atomic E-state index is 0.910. The van der Waals surface area contributed by atoms with Crippen molar-refractivity contribution >= 4 is 54.1 Å². The normalized spacial score (nSPS) is 12.3. The molecule has 0 bridgehead atoms. The Bertz CT molecular complexity index is 2640. The summed E-state index contributed by atoms with van der Waals surface area (Å²) in [4.78, 5) is 0.